The number of rotatable bonds is 8. The molecule has 150 valence electrons. The Bertz CT molecular complexity index is 957. The summed E-state index contributed by atoms with van der Waals surface area (Å²) in [7, 11) is 0. The normalized spacial score (nSPS) is 11.5. The standard InChI is InChI=1S/C20H20N4O5/c1-13(25)22-15-7-9-16(10-8-15)28-12-18-23-20(29-24-18)19(27)21-11-17(26)14-5-3-2-4-6-14/h2-10,17,26H,11-12H2,1H3,(H,21,27)(H,22,25). The fourth-order valence-corrected chi connectivity index (χ4v) is 2.45. The minimum absolute atomic E-state index is 0.00288. The van der Waals surface area contributed by atoms with E-state index < -0.39 is 12.0 Å². The summed E-state index contributed by atoms with van der Waals surface area (Å²) >= 11 is 0. The Balaban J connectivity index is 1.48. The van der Waals surface area contributed by atoms with Gasteiger partial charge in [0.1, 0.15) is 5.75 Å². The van der Waals surface area contributed by atoms with Gasteiger partial charge in [0.15, 0.2) is 6.61 Å². The number of amides is 2. The third-order valence-electron chi connectivity index (χ3n) is 3.85. The van der Waals surface area contributed by atoms with Crippen LogP contribution in [0.1, 0.15) is 35.1 Å². The molecule has 0 saturated heterocycles. The van der Waals surface area contributed by atoms with E-state index in [1.165, 1.54) is 6.92 Å². The monoisotopic (exact) mass is 396 g/mol. The number of nitrogens with zero attached hydrogens (tertiary/aromatic N) is 2. The summed E-state index contributed by atoms with van der Waals surface area (Å²) < 4.78 is 10.5. The Hall–Kier alpha value is -3.72. The van der Waals surface area contributed by atoms with E-state index in [0.29, 0.717) is 17.0 Å². The topological polar surface area (TPSA) is 127 Å². The van der Waals surface area contributed by atoms with Crippen molar-refractivity contribution in [1.29, 1.82) is 0 Å². The van der Waals surface area contributed by atoms with Gasteiger partial charge in [0, 0.05) is 19.2 Å². The molecular formula is C20H20N4O5. The van der Waals surface area contributed by atoms with Crippen LogP contribution in [0.3, 0.4) is 0 Å². The molecule has 1 unspecified atom stereocenters. The fraction of sp³-hybridized carbons (Fsp3) is 0.200. The van der Waals surface area contributed by atoms with Crippen molar-refractivity contribution in [2.24, 2.45) is 0 Å². The first-order chi connectivity index (χ1) is 14.0. The summed E-state index contributed by atoms with van der Waals surface area (Å²) in [6.45, 7) is 1.44. The number of nitrogens with one attached hydrogen (secondary N) is 2. The van der Waals surface area contributed by atoms with Crippen molar-refractivity contribution in [3.05, 3.63) is 71.9 Å². The van der Waals surface area contributed by atoms with Crippen molar-refractivity contribution >= 4 is 17.5 Å². The van der Waals surface area contributed by atoms with Crippen molar-refractivity contribution in [2.75, 3.05) is 11.9 Å². The minimum atomic E-state index is -0.841. The zero-order valence-corrected chi connectivity index (χ0v) is 15.7. The summed E-state index contributed by atoms with van der Waals surface area (Å²) in [5.41, 5.74) is 1.35. The smallest absolute Gasteiger partial charge is 0.316 e. The molecular weight excluding hydrogens is 376 g/mol. The predicted octanol–water partition coefficient (Wildman–Crippen LogP) is 2.07. The van der Waals surface area contributed by atoms with Gasteiger partial charge in [-0.15, -0.1) is 0 Å². The van der Waals surface area contributed by atoms with Crippen LogP contribution in [0.4, 0.5) is 5.69 Å². The highest BCUT2D eigenvalue weighted by Gasteiger charge is 2.17. The van der Waals surface area contributed by atoms with Crippen molar-refractivity contribution in [3.8, 4) is 5.75 Å². The lowest BCUT2D eigenvalue weighted by Gasteiger charge is -2.10. The molecule has 0 aliphatic carbocycles. The molecule has 29 heavy (non-hydrogen) atoms. The maximum Gasteiger partial charge on any atom is 0.316 e. The Kier molecular flexibility index (Phi) is 6.54. The number of carbonyl (C=O) groups excluding carboxylic acids is 2. The van der Waals surface area contributed by atoms with E-state index in [-0.39, 0.29) is 30.8 Å². The van der Waals surface area contributed by atoms with Crippen LogP contribution in [-0.4, -0.2) is 33.6 Å². The van der Waals surface area contributed by atoms with Crippen LogP contribution in [0, 0.1) is 0 Å². The number of carbonyl (C=O) groups is 2. The first-order valence-corrected chi connectivity index (χ1v) is 8.85. The van der Waals surface area contributed by atoms with E-state index in [1.54, 1.807) is 48.5 Å². The highest BCUT2D eigenvalue weighted by molar-refractivity contribution is 5.89. The van der Waals surface area contributed by atoms with Crippen LogP contribution in [0.5, 0.6) is 5.75 Å². The zero-order valence-electron chi connectivity index (χ0n) is 15.7. The van der Waals surface area contributed by atoms with E-state index >= 15 is 0 Å². The van der Waals surface area contributed by atoms with Crippen LogP contribution in [0.25, 0.3) is 0 Å². The van der Waals surface area contributed by atoms with Gasteiger partial charge in [-0.25, -0.2) is 0 Å². The summed E-state index contributed by atoms with van der Waals surface area (Å²) in [6, 6.07) is 15.7. The number of aliphatic hydroxyl groups is 1. The average molecular weight is 396 g/mol. The maximum atomic E-state index is 12.1. The van der Waals surface area contributed by atoms with Crippen molar-refractivity contribution < 1.29 is 24.0 Å². The van der Waals surface area contributed by atoms with Crippen LogP contribution in [0.2, 0.25) is 0 Å². The molecule has 1 atom stereocenters. The van der Waals surface area contributed by atoms with E-state index in [2.05, 4.69) is 20.8 Å². The molecule has 0 aliphatic heterocycles. The lowest BCUT2D eigenvalue weighted by atomic mass is 10.1. The lowest BCUT2D eigenvalue weighted by Crippen LogP contribution is -2.28. The number of aromatic nitrogens is 2. The van der Waals surface area contributed by atoms with Crippen LogP contribution in [0.15, 0.2) is 59.1 Å². The molecule has 0 aliphatic rings. The highest BCUT2D eigenvalue weighted by Crippen LogP contribution is 2.16. The van der Waals surface area contributed by atoms with Crippen molar-refractivity contribution in [1.82, 2.24) is 15.5 Å². The molecule has 0 bridgehead atoms. The molecule has 0 spiro atoms. The minimum Gasteiger partial charge on any atom is -0.485 e. The third-order valence-corrected chi connectivity index (χ3v) is 3.85. The van der Waals surface area contributed by atoms with Gasteiger partial charge in [-0.1, -0.05) is 35.5 Å². The summed E-state index contributed by atoms with van der Waals surface area (Å²) in [6.07, 6.45) is -0.841. The zero-order chi connectivity index (χ0) is 20.6. The number of hydrogen-bond donors (Lipinski definition) is 3. The van der Waals surface area contributed by atoms with Gasteiger partial charge in [-0.05, 0) is 29.8 Å². The number of aliphatic hydroxyl groups excluding tert-OH is 1. The van der Waals surface area contributed by atoms with E-state index in [0.717, 1.165) is 0 Å². The Labute approximate surface area is 166 Å². The van der Waals surface area contributed by atoms with Gasteiger partial charge in [0.25, 0.3) is 0 Å². The second-order valence-electron chi connectivity index (χ2n) is 6.15. The first kappa shape index (κ1) is 20.0. The molecule has 2 amide bonds. The lowest BCUT2D eigenvalue weighted by molar-refractivity contribution is -0.114. The van der Waals surface area contributed by atoms with Crippen LogP contribution in [-0.2, 0) is 11.4 Å². The molecule has 2 aromatic carbocycles. The van der Waals surface area contributed by atoms with Gasteiger partial charge in [0.2, 0.25) is 11.7 Å². The molecule has 1 aromatic heterocycles. The SMILES string of the molecule is CC(=O)Nc1ccc(OCc2noc(C(=O)NCC(O)c3ccccc3)n2)cc1. The van der Waals surface area contributed by atoms with Gasteiger partial charge in [-0.3, -0.25) is 9.59 Å². The molecule has 9 nitrogen and oxygen atoms in total. The molecule has 1 heterocycles. The van der Waals surface area contributed by atoms with Crippen LogP contribution < -0.4 is 15.4 Å². The van der Waals surface area contributed by atoms with Crippen molar-refractivity contribution in [3.63, 3.8) is 0 Å². The summed E-state index contributed by atoms with van der Waals surface area (Å²) in [4.78, 5) is 27.1. The number of anilines is 1. The quantitative estimate of drug-likeness (QED) is 0.532. The molecule has 9 heteroatoms. The van der Waals surface area contributed by atoms with Gasteiger partial charge < -0.3 is 25.0 Å². The number of ether oxygens (including phenoxy) is 1. The highest BCUT2D eigenvalue weighted by atomic mass is 16.5. The van der Waals surface area contributed by atoms with E-state index in [4.69, 9.17) is 9.26 Å². The molecule has 3 aromatic rings. The van der Waals surface area contributed by atoms with E-state index in [9.17, 15) is 14.7 Å². The number of benzene rings is 2. The van der Waals surface area contributed by atoms with Crippen molar-refractivity contribution in [2.45, 2.75) is 19.6 Å². The third kappa shape index (κ3) is 5.88. The van der Waals surface area contributed by atoms with Gasteiger partial charge >= 0.3 is 11.8 Å². The molecule has 0 fully saturated rings. The molecule has 0 radical (unpaired) electrons. The molecule has 0 saturated carbocycles. The Morgan fingerprint density at radius 1 is 1.14 bits per heavy atom. The van der Waals surface area contributed by atoms with Gasteiger partial charge in [-0.2, -0.15) is 4.98 Å². The second-order valence-corrected chi connectivity index (χ2v) is 6.15. The van der Waals surface area contributed by atoms with Crippen LogP contribution >= 0.6 is 0 Å². The fourth-order valence-electron chi connectivity index (χ4n) is 2.45. The predicted molar refractivity (Wildman–Crippen MR) is 103 cm³/mol. The Morgan fingerprint density at radius 2 is 1.86 bits per heavy atom. The molecule has 3 N–H and O–H groups in total. The average Bonchev–Trinajstić information content (AvgIpc) is 3.21. The largest absolute Gasteiger partial charge is 0.485 e. The van der Waals surface area contributed by atoms with E-state index in [1.807, 2.05) is 6.07 Å². The molecule has 3 rings (SSSR count). The first-order valence-electron chi connectivity index (χ1n) is 8.85. The van der Waals surface area contributed by atoms with Gasteiger partial charge in [0.05, 0.1) is 6.10 Å². The number of hydrogen-bond acceptors (Lipinski definition) is 7. The Morgan fingerprint density at radius 3 is 2.55 bits per heavy atom. The summed E-state index contributed by atoms with van der Waals surface area (Å²) in [5.74, 6) is -0.221. The maximum absolute atomic E-state index is 12.1. The second kappa shape index (κ2) is 9.47. The summed E-state index contributed by atoms with van der Waals surface area (Å²) in [5, 5.41) is 19.0.